The quantitative estimate of drug-likeness (QED) is 0.673. The topological polar surface area (TPSA) is 42.5 Å². The van der Waals surface area contributed by atoms with Gasteiger partial charge in [0.05, 0.1) is 14.2 Å². The average Bonchev–Trinajstić information content (AvgIpc) is 2.64. The Labute approximate surface area is 168 Å². The fourth-order valence-electron chi connectivity index (χ4n) is 6.50. The maximum absolute atomic E-state index is 5.69. The molecule has 0 aromatic heterocycles. The molecule has 5 rings (SSSR count). The average molecular weight is 389 g/mol. The van der Waals surface area contributed by atoms with E-state index in [0.717, 1.165) is 41.4 Å². The molecule has 1 unspecified atom stereocenters. The lowest BCUT2D eigenvalue weighted by Gasteiger charge is -2.59. The summed E-state index contributed by atoms with van der Waals surface area (Å²) in [5, 5.41) is 7.74. The van der Waals surface area contributed by atoms with E-state index in [-0.39, 0.29) is 0 Å². The molecular formula is C22H32N2O2S. The third-order valence-corrected chi connectivity index (χ3v) is 7.37. The highest BCUT2D eigenvalue weighted by molar-refractivity contribution is 7.80. The second-order valence-corrected chi connectivity index (χ2v) is 9.35. The zero-order valence-electron chi connectivity index (χ0n) is 16.7. The molecule has 0 amide bonds. The van der Waals surface area contributed by atoms with Crippen molar-refractivity contribution in [1.82, 2.24) is 5.32 Å². The number of rotatable bonds is 6. The summed E-state index contributed by atoms with van der Waals surface area (Å²) in [6.45, 7) is 2.30. The van der Waals surface area contributed by atoms with Crippen molar-refractivity contribution in [2.75, 3.05) is 19.5 Å². The van der Waals surface area contributed by atoms with Crippen molar-refractivity contribution in [2.45, 2.75) is 57.9 Å². The lowest BCUT2D eigenvalue weighted by atomic mass is 9.47. The molecule has 1 aromatic rings. The van der Waals surface area contributed by atoms with Gasteiger partial charge in [-0.25, -0.2) is 0 Å². The van der Waals surface area contributed by atoms with E-state index in [1.165, 1.54) is 38.5 Å². The van der Waals surface area contributed by atoms with Crippen LogP contribution in [0.15, 0.2) is 18.2 Å². The molecule has 1 aromatic carbocycles. The molecule has 0 saturated heterocycles. The summed E-state index contributed by atoms with van der Waals surface area (Å²) in [5.41, 5.74) is 1.34. The van der Waals surface area contributed by atoms with Crippen molar-refractivity contribution in [3.63, 3.8) is 0 Å². The van der Waals surface area contributed by atoms with E-state index in [2.05, 4.69) is 17.6 Å². The molecule has 0 aliphatic heterocycles. The van der Waals surface area contributed by atoms with E-state index in [0.29, 0.717) is 16.6 Å². The van der Waals surface area contributed by atoms with Crippen LogP contribution in [0.3, 0.4) is 0 Å². The van der Waals surface area contributed by atoms with E-state index in [9.17, 15) is 0 Å². The van der Waals surface area contributed by atoms with Gasteiger partial charge in [-0.15, -0.1) is 0 Å². The third-order valence-electron chi connectivity index (χ3n) is 7.15. The fourth-order valence-corrected chi connectivity index (χ4v) is 6.76. The van der Waals surface area contributed by atoms with Crippen LogP contribution in [-0.4, -0.2) is 25.4 Å². The zero-order chi connectivity index (χ0) is 19.0. The van der Waals surface area contributed by atoms with Crippen LogP contribution in [0.2, 0.25) is 0 Å². The Morgan fingerprint density at radius 2 is 1.56 bits per heavy atom. The number of benzene rings is 1. The largest absolute Gasteiger partial charge is 0.497 e. The molecule has 4 saturated carbocycles. The summed E-state index contributed by atoms with van der Waals surface area (Å²) in [6.07, 6.45) is 9.71. The number of nitrogens with one attached hydrogen (secondary N) is 2. The maximum Gasteiger partial charge on any atom is 0.171 e. The number of thiocarbonyl (C=S) groups is 1. The molecule has 27 heavy (non-hydrogen) atoms. The van der Waals surface area contributed by atoms with Gasteiger partial charge in [-0.2, -0.15) is 0 Å². The number of hydrogen-bond acceptors (Lipinski definition) is 3. The van der Waals surface area contributed by atoms with Gasteiger partial charge in [0, 0.05) is 29.9 Å². The minimum absolute atomic E-state index is 0.446. The molecule has 0 spiro atoms. The molecule has 4 aliphatic carbocycles. The van der Waals surface area contributed by atoms with E-state index in [1.807, 2.05) is 18.2 Å². The molecule has 4 nitrogen and oxygen atoms in total. The normalized spacial score (nSPS) is 32.0. The van der Waals surface area contributed by atoms with E-state index in [4.69, 9.17) is 21.7 Å². The Morgan fingerprint density at radius 3 is 2.00 bits per heavy atom. The van der Waals surface area contributed by atoms with Gasteiger partial charge in [0.2, 0.25) is 0 Å². The summed E-state index contributed by atoms with van der Waals surface area (Å²) >= 11 is 5.69. The summed E-state index contributed by atoms with van der Waals surface area (Å²) in [7, 11) is 3.32. The minimum Gasteiger partial charge on any atom is -0.497 e. The SMILES string of the molecule is CCC(NC(=S)Nc1cc(OC)cc(OC)c1)C12CC3CC(CC(C3)C1)C2. The van der Waals surface area contributed by atoms with Crippen LogP contribution < -0.4 is 20.1 Å². The Balaban J connectivity index is 1.45. The summed E-state index contributed by atoms with van der Waals surface area (Å²) < 4.78 is 10.7. The molecule has 4 bridgehead atoms. The molecular weight excluding hydrogens is 356 g/mol. The number of anilines is 1. The first-order valence-electron chi connectivity index (χ1n) is 10.3. The van der Waals surface area contributed by atoms with Crippen LogP contribution in [0.1, 0.15) is 51.9 Å². The second kappa shape index (κ2) is 7.50. The first-order chi connectivity index (χ1) is 13.0. The Morgan fingerprint density at radius 1 is 1.04 bits per heavy atom. The monoisotopic (exact) mass is 388 g/mol. The molecule has 4 aliphatic rings. The smallest absolute Gasteiger partial charge is 0.171 e. The van der Waals surface area contributed by atoms with Gasteiger partial charge in [0.15, 0.2) is 5.11 Å². The van der Waals surface area contributed by atoms with Crippen LogP contribution in [0.25, 0.3) is 0 Å². The summed E-state index contributed by atoms with van der Waals surface area (Å²) in [4.78, 5) is 0. The van der Waals surface area contributed by atoms with Gasteiger partial charge in [-0.05, 0) is 80.3 Å². The van der Waals surface area contributed by atoms with E-state index in [1.54, 1.807) is 14.2 Å². The molecule has 1 atom stereocenters. The highest BCUT2D eigenvalue weighted by Gasteiger charge is 2.53. The number of ether oxygens (including phenoxy) is 2. The first-order valence-corrected chi connectivity index (χ1v) is 10.7. The highest BCUT2D eigenvalue weighted by Crippen LogP contribution is 2.61. The van der Waals surface area contributed by atoms with Crippen molar-refractivity contribution in [3.05, 3.63) is 18.2 Å². The number of methoxy groups -OCH3 is 2. The van der Waals surface area contributed by atoms with Crippen LogP contribution in [0.5, 0.6) is 11.5 Å². The number of hydrogen-bond donors (Lipinski definition) is 2. The Kier molecular flexibility index (Phi) is 5.23. The van der Waals surface area contributed by atoms with Gasteiger partial charge >= 0.3 is 0 Å². The lowest BCUT2D eigenvalue weighted by Crippen LogP contribution is -2.57. The predicted octanol–water partition coefficient (Wildman–Crippen LogP) is 4.99. The lowest BCUT2D eigenvalue weighted by molar-refractivity contribution is -0.0709. The standard InChI is InChI=1S/C22H32N2O2S/c1-4-20(22-11-14-5-15(12-22)7-16(6-14)13-22)24-21(27)23-17-8-18(25-2)10-19(9-17)26-3/h8-10,14-16,20H,4-7,11-13H2,1-3H3,(H2,23,24,27). The summed E-state index contributed by atoms with van der Waals surface area (Å²) in [5.74, 6) is 4.38. The second-order valence-electron chi connectivity index (χ2n) is 8.94. The van der Waals surface area contributed by atoms with Crippen molar-refractivity contribution >= 4 is 23.0 Å². The van der Waals surface area contributed by atoms with Gasteiger partial charge < -0.3 is 20.1 Å². The predicted molar refractivity (Wildman–Crippen MR) is 114 cm³/mol. The van der Waals surface area contributed by atoms with Crippen molar-refractivity contribution in [1.29, 1.82) is 0 Å². The van der Waals surface area contributed by atoms with Crippen molar-refractivity contribution in [2.24, 2.45) is 23.2 Å². The molecule has 4 fully saturated rings. The van der Waals surface area contributed by atoms with Crippen LogP contribution in [0.4, 0.5) is 5.69 Å². The molecule has 0 heterocycles. The summed E-state index contributed by atoms with van der Waals surface area (Å²) in [6, 6.07) is 6.22. The molecule has 2 N–H and O–H groups in total. The first kappa shape index (κ1) is 18.9. The van der Waals surface area contributed by atoms with Gasteiger partial charge in [0.25, 0.3) is 0 Å². The third kappa shape index (κ3) is 3.75. The maximum atomic E-state index is 5.69. The van der Waals surface area contributed by atoms with Crippen LogP contribution >= 0.6 is 12.2 Å². The van der Waals surface area contributed by atoms with Gasteiger partial charge in [-0.1, -0.05) is 6.92 Å². The molecule has 0 radical (unpaired) electrons. The molecule has 5 heteroatoms. The van der Waals surface area contributed by atoms with Crippen molar-refractivity contribution < 1.29 is 9.47 Å². The van der Waals surface area contributed by atoms with Crippen molar-refractivity contribution in [3.8, 4) is 11.5 Å². The van der Waals surface area contributed by atoms with E-state index >= 15 is 0 Å². The minimum atomic E-state index is 0.446. The molecule has 148 valence electrons. The van der Waals surface area contributed by atoms with Crippen LogP contribution in [-0.2, 0) is 0 Å². The van der Waals surface area contributed by atoms with Gasteiger partial charge in [-0.3, -0.25) is 0 Å². The highest BCUT2D eigenvalue weighted by atomic mass is 32.1. The van der Waals surface area contributed by atoms with Crippen LogP contribution in [0, 0.1) is 23.2 Å². The fraction of sp³-hybridized carbons (Fsp3) is 0.682. The van der Waals surface area contributed by atoms with Gasteiger partial charge in [0.1, 0.15) is 11.5 Å². The zero-order valence-corrected chi connectivity index (χ0v) is 17.5. The Hall–Kier alpha value is -1.49. The Bertz CT molecular complexity index is 648. The van der Waals surface area contributed by atoms with E-state index < -0.39 is 0 Å².